The van der Waals surface area contributed by atoms with Crippen LogP contribution >= 0.6 is 0 Å². The summed E-state index contributed by atoms with van der Waals surface area (Å²) in [7, 11) is 2.29. The predicted octanol–water partition coefficient (Wildman–Crippen LogP) is 3.03. The maximum Gasteiger partial charge on any atom is 0.0217 e. The molecular formula is C15H30N2. The topological polar surface area (TPSA) is 15.3 Å². The van der Waals surface area contributed by atoms with Crippen molar-refractivity contribution in [2.45, 2.75) is 64.3 Å². The summed E-state index contributed by atoms with van der Waals surface area (Å²) in [4.78, 5) is 2.54. The van der Waals surface area contributed by atoms with Crippen molar-refractivity contribution in [1.82, 2.24) is 10.2 Å². The van der Waals surface area contributed by atoms with Gasteiger partial charge in [-0.3, -0.25) is 0 Å². The van der Waals surface area contributed by atoms with Crippen LogP contribution in [0.1, 0.15) is 58.3 Å². The second-order valence-corrected chi connectivity index (χ2v) is 6.63. The van der Waals surface area contributed by atoms with Crippen LogP contribution in [0.4, 0.5) is 0 Å². The first kappa shape index (κ1) is 13.4. The highest BCUT2D eigenvalue weighted by atomic mass is 15.2. The van der Waals surface area contributed by atoms with Crippen molar-refractivity contribution in [1.29, 1.82) is 0 Å². The summed E-state index contributed by atoms with van der Waals surface area (Å²) >= 11 is 0. The summed E-state index contributed by atoms with van der Waals surface area (Å²) in [6.07, 6.45) is 11.4. The fraction of sp³-hybridized carbons (Fsp3) is 1.00. The number of likely N-dealkylation sites (N-methyl/N-ethyl adjacent to an activating group) is 1. The van der Waals surface area contributed by atoms with Crippen LogP contribution in [-0.2, 0) is 0 Å². The van der Waals surface area contributed by atoms with Crippen LogP contribution in [0.25, 0.3) is 0 Å². The Kier molecular flexibility index (Phi) is 4.87. The number of rotatable bonds is 4. The molecule has 2 fully saturated rings. The maximum absolute atomic E-state index is 3.75. The predicted molar refractivity (Wildman–Crippen MR) is 74.3 cm³/mol. The van der Waals surface area contributed by atoms with E-state index in [2.05, 4.69) is 24.2 Å². The first-order valence-electron chi connectivity index (χ1n) is 7.61. The molecule has 0 aromatic rings. The molecule has 1 saturated carbocycles. The van der Waals surface area contributed by atoms with Gasteiger partial charge in [0.25, 0.3) is 0 Å². The minimum Gasteiger partial charge on any atom is -0.315 e. The van der Waals surface area contributed by atoms with Crippen LogP contribution in [0, 0.1) is 5.41 Å². The van der Waals surface area contributed by atoms with E-state index in [4.69, 9.17) is 0 Å². The third-order valence-electron chi connectivity index (χ3n) is 4.91. The normalized spacial score (nSPS) is 30.4. The van der Waals surface area contributed by atoms with Gasteiger partial charge in [0, 0.05) is 19.1 Å². The average Bonchev–Trinajstić information content (AvgIpc) is 2.32. The van der Waals surface area contributed by atoms with Gasteiger partial charge in [-0.2, -0.15) is 0 Å². The van der Waals surface area contributed by atoms with Gasteiger partial charge < -0.3 is 10.2 Å². The molecule has 1 unspecified atom stereocenters. The lowest BCUT2D eigenvalue weighted by atomic mass is 9.76. The molecule has 1 aliphatic carbocycles. The van der Waals surface area contributed by atoms with Crippen molar-refractivity contribution in [3.8, 4) is 0 Å². The van der Waals surface area contributed by atoms with Gasteiger partial charge in [0.15, 0.2) is 0 Å². The van der Waals surface area contributed by atoms with Crippen molar-refractivity contribution < 1.29 is 0 Å². The number of piperidine rings is 1. The second kappa shape index (κ2) is 6.19. The summed E-state index contributed by atoms with van der Waals surface area (Å²) < 4.78 is 0. The quantitative estimate of drug-likeness (QED) is 0.810. The molecule has 2 rings (SSSR count). The lowest BCUT2D eigenvalue weighted by Gasteiger charge is -2.36. The van der Waals surface area contributed by atoms with Gasteiger partial charge >= 0.3 is 0 Å². The van der Waals surface area contributed by atoms with E-state index in [0.29, 0.717) is 5.41 Å². The Morgan fingerprint density at radius 3 is 2.59 bits per heavy atom. The van der Waals surface area contributed by atoms with Crippen LogP contribution in [0.15, 0.2) is 0 Å². The molecule has 17 heavy (non-hydrogen) atoms. The van der Waals surface area contributed by atoms with Crippen LogP contribution in [-0.4, -0.2) is 37.6 Å². The van der Waals surface area contributed by atoms with Gasteiger partial charge in [-0.1, -0.05) is 32.6 Å². The minimum absolute atomic E-state index is 0.589. The summed E-state index contributed by atoms with van der Waals surface area (Å²) in [5.74, 6) is 0. The molecule has 1 heterocycles. The number of nitrogens with zero attached hydrogens (tertiary/aromatic N) is 1. The van der Waals surface area contributed by atoms with E-state index >= 15 is 0 Å². The van der Waals surface area contributed by atoms with Crippen molar-refractivity contribution in [2.75, 3.05) is 26.7 Å². The molecule has 1 atom stereocenters. The van der Waals surface area contributed by atoms with Gasteiger partial charge in [0.2, 0.25) is 0 Å². The largest absolute Gasteiger partial charge is 0.315 e. The number of hydrogen-bond acceptors (Lipinski definition) is 2. The molecule has 0 bridgehead atoms. The highest BCUT2D eigenvalue weighted by molar-refractivity contribution is 4.82. The lowest BCUT2D eigenvalue weighted by molar-refractivity contribution is 0.163. The van der Waals surface area contributed by atoms with Crippen molar-refractivity contribution >= 4 is 0 Å². The summed E-state index contributed by atoms with van der Waals surface area (Å²) in [6.45, 7) is 6.21. The van der Waals surface area contributed by atoms with Crippen molar-refractivity contribution in [2.24, 2.45) is 5.41 Å². The zero-order valence-corrected chi connectivity index (χ0v) is 11.8. The zero-order chi connectivity index (χ0) is 12.1. The smallest absolute Gasteiger partial charge is 0.0217 e. The van der Waals surface area contributed by atoms with E-state index in [1.807, 2.05) is 0 Å². The van der Waals surface area contributed by atoms with Crippen LogP contribution in [0.3, 0.4) is 0 Å². The molecule has 100 valence electrons. The minimum atomic E-state index is 0.589. The highest BCUT2D eigenvalue weighted by Crippen LogP contribution is 2.34. The Labute approximate surface area is 107 Å². The third kappa shape index (κ3) is 3.96. The lowest BCUT2D eigenvalue weighted by Crippen LogP contribution is -2.45. The van der Waals surface area contributed by atoms with Gasteiger partial charge in [-0.25, -0.2) is 0 Å². The SMILES string of the molecule is CN1CCCCC1CNCC1(C)CCCCC1. The van der Waals surface area contributed by atoms with E-state index in [-0.39, 0.29) is 0 Å². The number of likely N-dealkylation sites (tertiary alicyclic amines) is 1. The maximum atomic E-state index is 3.75. The van der Waals surface area contributed by atoms with E-state index in [9.17, 15) is 0 Å². The van der Waals surface area contributed by atoms with Crippen molar-refractivity contribution in [3.63, 3.8) is 0 Å². The molecule has 2 aliphatic rings. The molecule has 1 N–H and O–H groups in total. The summed E-state index contributed by atoms with van der Waals surface area (Å²) in [5, 5.41) is 3.75. The molecule has 2 heteroatoms. The molecule has 0 aromatic carbocycles. The molecular weight excluding hydrogens is 208 g/mol. The Balaban J connectivity index is 1.67. The fourth-order valence-electron chi connectivity index (χ4n) is 3.52. The molecule has 0 radical (unpaired) electrons. The Bertz CT molecular complexity index is 221. The van der Waals surface area contributed by atoms with Crippen molar-refractivity contribution in [3.05, 3.63) is 0 Å². The van der Waals surface area contributed by atoms with Crippen LogP contribution in [0.5, 0.6) is 0 Å². The second-order valence-electron chi connectivity index (χ2n) is 6.63. The molecule has 0 spiro atoms. The summed E-state index contributed by atoms with van der Waals surface area (Å²) in [5.41, 5.74) is 0.589. The zero-order valence-electron chi connectivity index (χ0n) is 11.8. The first-order chi connectivity index (χ1) is 8.20. The summed E-state index contributed by atoms with van der Waals surface area (Å²) in [6, 6.07) is 0.788. The molecule has 0 amide bonds. The molecule has 0 aromatic heterocycles. The van der Waals surface area contributed by atoms with E-state index in [1.165, 1.54) is 71.0 Å². The van der Waals surface area contributed by atoms with Gasteiger partial charge in [0.05, 0.1) is 0 Å². The molecule has 2 nitrogen and oxygen atoms in total. The van der Waals surface area contributed by atoms with Gasteiger partial charge in [-0.05, 0) is 44.7 Å². The Morgan fingerprint density at radius 2 is 1.88 bits per heavy atom. The van der Waals surface area contributed by atoms with E-state index < -0.39 is 0 Å². The van der Waals surface area contributed by atoms with E-state index in [0.717, 1.165) is 6.04 Å². The van der Waals surface area contributed by atoms with Gasteiger partial charge in [0.1, 0.15) is 0 Å². The standard InChI is InChI=1S/C15H30N2/c1-15(9-5-3-6-10-15)13-16-12-14-8-4-7-11-17(14)2/h14,16H,3-13H2,1-2H3. The molecule has 1 saturated heterocycles. The van der Waals surface area contributed by atoms with Crippen LogP contribution < -0.4 is 5.32 Å². The third-order valence-corrected chi connectivity index (χ3v) is 4.91. The highest BCUT2D eigenvalue weighted by Gasteiger charge is 2.27. The monoisotopic (exact) mass is 238 g/mol. The molecule has 1 aliphatic heterocycles. The van der Waals surface area contributed by atoms with Gasteiger partial charge in [-0.15, -0.1) is 0 Å². The Hall–Kier alpha value is -0.0800. The fourth-order valence-corrected chi connectivity index (χ4v) is 3.52. The van der Waals surface area contributed by atoms with Crippen LogP contribution in [0.2, 0.25) is 0 Å². The number of hydrogen-bond donors (Lipinski definition) is 1. The average molecular weight is 238 g/mol. The van der Waals surface area contributed by atoms with E-state index in [1.54, 1.807) is 0 Å². The Morgan fingerprint density at radius 1 is 1.12 bits per heavy atom. The number of nitrogens with one attached hydrogen (secondary N) is 1. The first-order valence-corrected chi connectivity index (χ1v) is 7.61.